The number of esters is 2. The zero-order valence-electron chi connectivity index (χ0n) is 58.6. The van der Waals surface area contributed by atoms with Crippen LogP contribution in [0.5, 0.6) is 0 Å². The Labute approximate surface area is 561 Å². The van der Waals surface area contributed by atoms with Crippen LogP contribution < -0.4 is 0 Å². The predicted molar refractivity (Wildman–Crippen MR) is 373 cm³/mol. The molecule has 0 fully saturated rings. The standard InChI is InChI=1S/C73H138O17P2/c1-3-5-7-9-11-13-15-21-27-33-39-45-51-57-72(77)89-70(65-83-61-55-49-43-37-31-25-19-17-23-29-35-41-47-53-59-74)67-87-91(79,80)85-63-69(76)64-86-92(81,82)88-68-71(90-73(78)58-52-46-40-34-28-22-16-14-12-10-8-6-4-2)66-84-62-56-50-44-38-32-26-20-18-24-30-36-42-48-54-60-75/h17-20,59-60,69-71,76H,3-16,21-58,61-68H2,1-2H3,(H,79,80)(H,81,82)/b19-17-,20-18-/t70-,71-/m1/s1. The van der Waals surface area contributed by atoms with E-state index in [2.05, 4.69) is 38.2 Å². The molecule has 0 aliphatic heterocycles. The summed E-state index contributed by atoms with van der Waals surface area (Å²) in [5.41, 5.74) is 0. The van der Waals surface area contributed by atoms with Gasteiger partial charge in [-0.1, -0.05) is 256 Å². The van der Waals surface area contributed by atoms with Crippen molar-refractivity contribution < 1.29 is 80.2 Å². The van der Waals surface area contributed by atoms with Crippen LogP contribution in [0.4, 0.5) is 0 Å². The number of hydrogen-bond donors (Lipinski definition) is 3. The lowest BCUT2D eigenvalue weighted by molar-refractivity contribution is -0.155. The van der Waals surface area contributed by atoms with E-state index in [0.717, 1.165) is 192 Å². The maximum Gasteiger partial charge on any atom is 0.472 e. The van der Waals surface area contributed by atoms with E-state index in [0.29, 0.717) is 38.9 Å². The fraction of sp³-hybridized carbons (Fsp3) is 0.890. The molecule has 0 spiro atoms. The zero-order chi connectivity index (χ0) is 67.2. The van der Waals surface area contributed by atoms with Crippen LogP contribution in [0.15, 0.2) is 24.3 Å². The van der Waals surface area contributed by atoms with Gasteiger partial charge in [-0.2, -0.15) is 0 Å². The van der Waals surface area contributed by atoms with Gasteiger partial charge in [-0.05, 0) is 89.9 Å². The van der Waals surface area contributed by atoms with Gasteiger partial charge in [0.1, 0.15) is 30.9 Å². The van der Waals surface area contributed by atoms with E-state index in [1.165, 1.54) is 116 Å². The molecule has 2 unspecified atom stereocenters. The average Bonchev–Trinajstić information content (AvgIpc) is 3.63. The Hall–Kier alpha value is -2.14. The normalized spacial score (nSPS) is 14.2. The van der Waals surface area contributed by atoms with E-state index >= 15 is 0 Å². The lowest BCUT2D eigenvalue weighted by atomic mass is 10.0. The van der Waals surface area contributed by atoms with Crippen LogP contribution in [0.2, 0.25) is 0 Å². The van der Waals surface area contributed by atoms with Gasteiger partial charge in [0.15, 0.2) is 0 Å². The molecule has 0 aliphatic carbocycles. The second-order valence-corrected chi connectivity index (χ2v) is 28.4. The molecule has 0 aliphatic rings. The van der Waals surface area contributed by atoms with Crippen LogP contribution in [-0.2, 0) is 65.4 Å². The van der Waals surface area contributed by atoms with Crippen molar-refractivity contribution in [1.29, 1.82) is 0 Å². The SMILES string of the molecule is CCCCCCCCCCCCCCCC(=O)O[C@H](COCCCCCCC/C=C\CCCCCCC=O)COP(=O)(O)OCC(O)COP(=O)(O)OC[C@@H](COCCCCCCC/C=C\CCCCCCC=O)OC(=O)CCCCCCCCCCCCCCC. The number of aliphatic hydroxyl groups excluding tert-OH is 1. The van der Waals surface area contributed by atoms with Gasteiger partial charge in [0.25, 0.3) is 0 Å². The van der Waals surface area contributed by atoms with Crippen LogP contribution in [0.1, 0.15) is 348 Å². The van der Waals surface area contributed by atoms with E-state index in [4.69, 9.17) is 37.0 Å². The summed E-state index contributed by atoms with van der Waals surface area (Å²) < 4.78 is 69.7. The summed E-state index contributed by atoms with van der Waals surface area (Å²) in [6.07, 6.45) is 62.6. The minimum Gasteiger partial charge on any atom is -0.457 e. The molecule has 0 amide bonds. The number of unbranched alkanes of at least 4 members (excludes halogenated alkanes) is 44. The van der Waals surface area contributed by atoms with Crippen molar-refractivity contribution in [1.82, 2.24) is 0 Å². The molecule has 0 aromatic heterocycles. The molecule has 0 aromatic rings. The van der Waals surface area contributed by atoms with Gasteiger partial charge >= 0.3 is 27.6 Å². The van der Waals surface area contributed by atoms with E-state index in [9.17, 15) is 43.2 Å². The maximum absolute atomic E-state index is 13.0. The quantitative estimate of drug-likeness (QED) is 0.0169. The third kappa shape index (κ3) is 69.2. The fourth-order valence-corrected chi connectivity index (χ4v) is 12.3. The summed E-state index contributed by atoms with van der Waals surface area (Å²) in [5, 5.41) is 10.6. The van der Waals surface area contributed by atoms with Gasteiger partial charge in [-0.25, -0.2) is 9.13 Å². The van der Waals surface area contributed by atoms with Crippen LogP contribution in [0.25, 0.3) is 0 Å². The lowest BCUT2D eigenvalue weighted by Gasteiger charge is -2.21. The highest BCUT2D eigenvalue weighted by molar-refractivity contribution is 7.47. The minimum absolute atomic E-state index is 0.0626. The number of phosphoric ester groups is 2. The first-order valence-corrected chi connectivity index (χ1v) is 40.5. The summed E-state index contributed by atoms with van der Waals surface area (Å²) in [7, 11) is -9.69. The number of aliphatic hydroxyl groups is 1. The Morgan fingerprint density at radius 2 is 0.565 bits per heavy atom. The third-order valence-electron chi connectivity index (χ3n) is 16.4. The van der Waals surface area contributed by atoms with Crippen LogP contribution in [-0.4, -0.2) is 111 Å². The van der Waals surface area contributed by atoms with Gasteiger partial charge in [-0.15, -0.1) is 0 Å². The second kappa shape index (κ2) is 70.2. The van der Waals surface area contributed by atoms with Gasteiger partial charge in [0.2, 0.25) is 0 Å². The predicted octanol–water partition coefficient (Wildman–Crippen LogP) is 20.3. The van der Waals surface area contributed by atoms with Crippen molar-refractivity contribution in [3.05, 3.63) is 24.3 Å². The Morgan fingerprint density at radius 1 is 0.326 bits per heavy atom. The Kier molecular flexibility index (Phi) is 68.6. The van der Waals surface area contributed by atoms with E-state index in [-0.39, 0.29) is 26.1 Å². The number of rotatable bonds is 76. The maximum atomic E-state index is 13.0. The van der Waals surface area contributed by atoms with Crippen molar-refractivity contribution in [2.45, 2.75) is 366 Å². The molecule has 0 rings (SSSR count). The topological polar surface area (TPSA) is 237 Å². The summed E-state index contributed by atoms with van der Waals surface area (Å²) >= 11 is 0. The number of carbonyl (C=O) groups excluding carboxylic acids is 4. The van der Waals surface area contributed by atoms with Gasteiger partial charge in [0.05, 0.1) is 39.6 Å². The van der Waals surface area contributed by atoms with Crippen LogP contribution >= 0.6 is 15.6 Å². The Morgan fingerprint density at radius 3 is 0.848 bits per heavy atom. The highest BCUT2D eigenvalue weighted by Crippen LogP contribution is 2.45. The molecule has 0 radical (unpaired) electrons. The second-order valence-electron chi connectivity index (χ2n) is 25.5. The number of hydrogen-bond acceptors (Lipinski definition) is 15. The first kappa shape index (κ1) is 89.9. The van der Waals surface area contributed by atoms with E-state index in [1.54, 1.807) is 0 Å². The smallest absolute Gasteiger partial charge is 0.457 e. The summed E-state index contributed by atoms with van der Waals surface area (Å²) in [4.78, 5) is 68.1. The fourth-order valence-electron chi connectivity index (χ4n) is 10.7. The zero-order valence-corrected chi connectivity index (χ0v) is 60.4. The third-order valence-corrected chi connectivity index (χ3v) is 18.3. The van der Waals surface area contributed by atoms with Crippen molar-refractivity contribution in [3.63, 3.8) is 0 Å². The number of aldehydes is 2. The van der Waals surface area contributed by atoms with Gasteiger partial charge in [0, 0.05) is 38.9 Å². The van der Waals surface area contributed by atoms with Crippen molar-refractivity contribution >= 4 is 40.2 Å². The van der Waals surface area contributed by atoms with Crippen molar-refractivity contribution in [2.24, 2.45) is 0 Å². The van der Waals surface area contributed by atoms with Gasteiger partial charge in [-0.3, -0.25) is 27.7 Å². The molecule has 542 valence electrons. The number of carbonyl (C=O) groups is 4. The molecule has 19 heteroatoms. The molecule has 0 saturated heterocycles. The minimum atomic E-state index is -4.84. The summed E-state index contributed by atoms with van der Waals surface area (Å²) in [6.45, 7) is 2.50. The number of allylic oxidation sites excluding steroid dienone is 4. The first-order chi connectivity index (χ1) is 44.9. The lowest BCUT2D eigenvalue weighted by Crippen LogP contribution is -2.29. The van der Waals surface area contributed by atoms with Gasteiger partial charge < -0.3 is 43.4 Å². The Bertz CT molecular complexity index is 1660. The Balaban J connectivity index is 5.15. The highest BCUT2D eigenvalue weighted by atomic mass is 31.2. The largest absolute Gasteiger partial charge is 0.472 e. The molecule has 17 nitrogen and oxygen atoms in total. The molecule has 0 aromatic carbocycles. The molecular formula is C73H138O17P2. The van der Waals surface area contributed by atoms with Crippen molar-refractivity contribution in [2.75, 3.05) is 52.9 Å². The van der Waals surface area contributed by atoms with Crippen LogP contribution in [0.3, 0.4) is 0 Å². The monoisotopic (exact) mass is 1350 g/mol. The molecule has 4 atom stereocenters. The van der Waals surface area contributed by atoms with Crippen LogP contribution in [0, 0.1) is 0 Å². The summed E-state index contributed by atoms with van der Waals surface area (Å²) in [5.74, 6) is -0.923. The summed E-state index contributed by atoms with van der Waals surface area (Å²) in [6, 6.07) is 0. The van der Waals surface area contributed by atoms with E-state index in [1.807, 2.05) is 0 Å². The number of ether oxygens (including phenoxy) is 4. The first-order valence-electron chi connectivity index (χ1n) is 37.5. The number of phosphoric acid groups is 2. The molecule has 3 N–H and O–H groups in total. The molecule has 0 heterocycles. The molecule has 0 saturated carbocycles. The molecular weight excluding hydrogens is 1210 g/mol. The molecule has 92 heavy (non-hydrogen) atoms. The van der Waals surface area contributed by atoms with Crippen molar-refractivity contribution in [3.8, 4) is 0 Å². The average molecular weight is 1350 g/mol. The highest BCUT2D eigenvalue weighted by Gasteiger charge is 2.30. The van der Waals surface area contributed by atoms with E-state index < -0.39 is 72.3 Å². The molecule has 0 bridgehead atoms.